The van der Waals surface area contributed by atoms with E-state index in [1.807, 2.05) is 6.07 Å². The van der Waals surface area contributed by atoms with E-state index >= 15 is 0 Å². The molecule has 1 fully saturated rings. The first-order valence-electron chi connectivity index (χ1n) is 7.55. The SMILES string of the molecule is Cc1ccccc1CN(Cc1cccs1)[C@@H]1CCS(=O)(=O)C1. The van der Waals surface area contributed by atoms with Crippen LogP contribution in [0.1, 0.15) is 22.4 Å². The second-order valence-electron chi connectivity index (χ2n) is 5.97. The molecule has 0 radical (unpaired) electrons. The van der Waals surface area contributed by atoms with Gasteiger partial charge in [-0.1, -0.05) is 30.3 Å². The molecule has 5 heteroatoms. The smallest absolute Gasteiger partial charge is 0.151 e. The van der Waals surface area contributed by atoms with Gasteiger partial charge in [0.1, 0.15) is 0 Å². The summed E-state index contributed by atoms with van der Waals surface area (Å²) in [5.74, 6) is 0.622. The zero-order chi connectivity index (χ0) is 15.6. The minimum absolute atomic E-state index is 0.131. The molecular formula is C17H21NO2S2. The van der Waals surface area contributed by atoms with Crippen molar-refractivity contribution in [2.24, 2.45) is 0 Å². The third-order valence-corrected chi connectivity index (χ3v) is 6.91. The zero-order valence-electron chi connectivity index (χ0n) is 12.7. The molecule has 2 heterocycles. The molecule has 0 unspecified atom stereocenters. The maximum atomic E-state index is 11.8. The molecule has 0 bridgehead atoms. The van der Waals surface area contributed by atoms with Crippen LogP contribution in [0, 0.1) is 6.92 Å². The zero-order valence-corrected chi connectivity index (χ0v) is 14.4. The van der Waals surface area contributed by atoms with E-state index in [1.54, 1.807) is 11.3 Å². The van der Waals surface area contributed by atoms with Gasteiger partial charge in [0.25, 0.3) is 0 Å². The Hall–Kier alpha value is -1.17. The predicted molar refractivity (Wildman–Crippen MR) is 91.8 cm³/mol. The molecule has 3 nitrogen and oxygen atoms in total. The number of nitrogens with zero attached hydrogens (tertiary/aromatic N) is 1. The normalized spacial score (nSPS) is 20.5. The Morgan fingerprint density at radius 2 is 2.00 bits per heavy atom. The van der Waals surface area contributed by atoms with Crippen LogP contribution in [0.5, 0.6) is 0 Å². The molecule has 118 valence electrons. The minimum atomic E-state index is -2.86. The number of aryl methyl sites for hydroxylation is 1. The lowest BCUT2D eigenvalue weighted by Crippen LogP contribution is -2.35. The first kappa shape index (κ1) is 15.7. The highest BCUT2D eigenvalue weighted by atomic mass is 32.2. The van der Waals surface area contributed by atoms with Crippen molar-refractivity contribution in [1.82, 2.24) is 4.90 Å². The molecule has 2 aromatic rings. The fourth-order valence-corrected chi connectivity index (χ4v) is 5.48. The van der Waals surface area contributed by atoms with Crippen LogP contribution in [0.4, 0.5) is 0 Å². The van der Waals surface area contributed by atoms with Gasteiger partial charge in [0.15, 0.2) is 9.84 Å². The van der Waals surface area contributed by atoms with E-state index in [-0.39, 0.29) is 6.04 Å². The number of hydrogen-bond donors (Lipinski definition) is 0. The van der Waals surface area contributed by atoms with Gasteiger partial charge in [0.2, 0.25) is 0 Å². The monoisotopic (exact) mass is 335 g/mol. The van der Waals surface area contributed by atoms with Gasteiger partial charge >= 0.3 is 0 Å². The Morgan fingerprint density at radius 3 is 2.64 bits per heavy atom. The van der Waals surface area contributed by atoms with Gasteiger partial charge in [-0.2, -0.15) is 0 Å². The van der Waals surface area contributed by atoms with E-state index < -0.39 is 9.84 Å². The molecule has 1 aromatic carbocycles. The summed E-state index contributed by atoms with van der Waals surface area (Å²) in [6, 6.07) is 12.7. The summed E-state index contributed by atoms with van der Waals surface area (Å²) in [6.45, 7) is 3.75. The lowest BCUT2D eigenvalue weighted by atomic mass is 10.1. The largest absolute Gasteiger partial charge is 0.290 e. The Labute approximate surface area is 136 Å². The van der Waals surface area contributed by atoms with Gasteiger partial charge < -0.3 is 0 Å². The number of rotatable bonds is 5. The van der Waals surface area contributed by atoms with E-state index in [0.29, 0.717) is 11.5 Å². The molecule has 1 aromatic heterocycles. The van der Waals surface area contributed by atoms with Crippen molar-refractivity contribution in [2.75, 3.05) is 11.5 Å². The second kappa shape index (κ2) is 6.52. The average molecular weight is 335 g/mol. The van der Waals surface area contributed by atoms with E-state index in [1.165, 1.54) is 16.0 Å². The van der Waals surface area contributed by atoms with Crippen LogP contribution in [-0.4, -0.2) is 30.9 Å². The van der Waals surface area contributed by atoms with Gasteiger partial charge in [-0.05, 0) is 35.9 Å². The summed E-state index contributed by atoms with van der Waals surface area (Å²) >= 11 is 1.73. The van der Waals surface area contributed by atoms with Crippen molar-refractivity contribution in [2.45, 2.75) is 32.5 Å². The first-order valence-corrected chi connectivity index (χ1v) is 10.2. The van der Waals surface area contributed by atoms with E-state index in [9.17, 15) is 8.42 Å². The summed E-state index contributed by atoms with van der Waals surface area (Å²) in [5.41, 5.74) is 2.54. The number of benzene rings is 1. The Bertz CT molecular complexity index is 723. The third-order valence-electron chi connectivity index (χ3n) is 4.30. The molecule has 0 N–H and O–H groups in total. The Balaban J connectivity index is 1.81. The van der Waals surface area contributed by atoms with Gasteiger partial charge in [0.05, 0.1) is 11.5 Å². The van der Waals surface area contributed by atoms with E-state index in [4.69, 9.17) is 0 Å². The van der Waals surface area contributed by atoms with Crippen LogP contribution in [-0.2, 0) is 22.9 Å². The molecule has 1 aliphatic rings. The first-order chi connectivity index (χ1) is 10.5. The van der Waals surface area contributed by atoms with Crippen molar-refractivity contribution in [3.05, 3.63) is 57.8 Å². The third kappa shape index (κ3) is 3.77. The minimum Gasteiger partial charge on any atom is -0.290 e. The lowest BCUT2D eigenvalue weighted by molar-refractivity contribution is 0.196. The summed E-state index contributed by atoms with van der Waals surface area (Å²) in [5, 5.41) is 2.08. The van der Waals surface area contributed by atoms with Gasteiger partial charge in [-0.15, -0.1) is 11.3 Å². The standard InChI is InChI=1S/C17H21NO2S2/c1-14-5-2-3-6-15(14)11-18(12-17-7-4-9-21-17)16-8-10-22(19,20)13-16/h2-7,9,16H,8,10-13H2,1H3/t16-/m1/s1. The molecule has 1 atom stereocenters. The highest BCUT2D eigenvalue weighted by Crippen LogP contribution is 2.24. The van der Waals surface area contributed by atoms with Crippen molar-refractivity contribution < 1.29 is 8.42 Å². The van der Waals surface area contributed by atoms with Crippen LogP contribution >= 0.6 is 11.3 Å². The van der Waals surface area contributed by atoms with Crippen LogP contribution < -0.4 is 0 Å². The summed E-state index contributed by atoms with van der Waals surface area (Å²) in [4.78, 5) is 3.62. The summed E-state index contributed by atoms with van der Waals surface area (Å²) in [6.07, 6.45) is 0.750. The van der Waals surface area contributed by atoms with Gasteiger partial charge in [-0.25, -0.2) is 8.42 Å². The molecule has 22 heavy (non-hydrogen) atoms. The van der Waals surface area contributed by atoms with Crippen LogP contribution in [0.15, 0.2) is 41.8 Å². The Kier molecular flexibility index (Phi) is 4.66. The topological polar surface area (TPSA) is 37.4 Å². The maximum absolute atomic E-state index is 11.8. The molecule has 0 spiro atoms. The average Bonchev–Trinajstić information content (AvgIpc) is 3.10. The fourth-order valence-electron chi connectivity index (χ4n) is 2.99. The number of thiophene rings is 1. The Morgan fingerprint density at radius 1 is 1.18 bits per heavy atom. The predicted octanol–water partition coefficient (Wildman–Crippen LogP) is 3.25. The van der Waals surface area contributed by atoms with Gasteiger partial charge in [-0.3, -0.25) is 4.90 Å². The van der Waals surface area contributed by atoms with E-state index in [2.05, 4.69) is 47.5 Å². The maximum Gasteiger partial charge on any atom is 0.151 e. The summed E-state index contributed by atoms with van der Waals surface area (Å²) in [7, 11) is -2.86. The quantitative estimate of drug-likeness (QED) is 0.842. The molecule has 1 saturated heterocycles. The van der Waals surface area contributed by atoms with Crippen LogP contribution in [0.25, 0.3) is 0 Å². The molecular weight excluding hydrogens is 314 g/mol. The molecule has 0 saturated carbocycles. The van der Waals surface area contributed by atoms with E-state index in [0.717, 1.165) is 19.5 Å². The van der Waals surface area contributed by atoms with Crippen LogP contribution in [0.3, 0.4) is 0 Å². The summed E-state index contributed by atoms with van der Waals surface area (Å²) < 4.78 is 23.7. The highest BCUT2D eigenvalue weighted by molar-refractivity contribution is 7.91. The number of hydrogen-bond acceptors (Lipinski definition) is 4. The fraction of sp³-hybridized carbons (Fsp3) is 0.412. The molecule has 0 aliphatic carbocycles. The second-order valence-corrected chi connectivity index (χ2v) is 9.23. The molecule has 0 amide bonds. The highest BCUT2D eigenvalue weighted by Gasteiger charge is 2.32. The molecule has 1 aliphatic heterocycles. The van der Waals surface area contributed by atoms with Crippen LogP contribution in [0.2, 0.25) is 0 Å². The lowest BCUT2D eigenvalue weighted by Gasteiger charge is -2.28. The van der Waals surface area contributed by atoms with Crippen molar-refractivity contribution in [3.63, 3.8) is 0 Å². The van der Waals surface area contributed by atoms with Gasteiger partial charge in [0, 0.05) is 24.0 Å². The van der Waals surface area contributed by atoms with Crippen molar-refractivity contribution in [3.8, 4) is 0 Å². The number of sulfone groups is 1. The molecule has 3 rings (SSSR count). The van der Waals surface area contributed by atoms with Crippen molar-refractivity contribution in [1.29, 1.82) is 0 Å². The van der Waals surface area contributed by atoms with Crippen molar-refractivity contribution >= 4 is 21.2 Å².